The summed E-state index contributed by atoms with van der Waals surface area (Å²) in [6.45, 7) is 14.5. The number of rotatable bonds is 2. The molecule has 0 saturated heterocycles. The molecule has 0 spiro atoms. The summed E-state index contributed by atoms with van der Waals surface area (Å²) >= 11 is -2.00. The molecule has 0 N–H and O–H groups in total. The van der Waals surface area contributed by atoms with Crippen molar-refractivity contribution < 1.29 is 8.10 Å². The van der Waals surface area contributed by atoms with Gasteiger partial charge in [0.15, 0.2) is 0 Å². The van der Waals surface area contributed by atoms with Crippen molar-refractivity contribution in [2.75, 3.05) is 0 Å². The Hall–Kier alpha value is -0.159. The van der Waals surface area contributed by atoms with Gasteiger partial charge >= 0.3 is 123 Å². The molecule has 0 atom stereocenters. The Balaban J connectivity index is 2.21. The van der Waals surface area contributed by atoms with Gasteiger partial charge in [-0.1, -0.05) is 0 Å². The molecule has 1 aliphatic heterocycles. The van der Waals surface area contributed by atoms with Crippen LogP contribution in [-0.4, -0.2) is 23.7 Å². The topological polar surface area (TPSA) is 18.5 Å². The van der Waals surface area contributed by atoms with Gasteiger partial charge < -0.3 is 0 Å². The van der Waals surface area contributed by atoms with Crippen LogP contribution in [0.5, 0.6) is 0 Å². The van der Waals surface area contributed by atoms with Crippen molar-refractivity contribution in [3.63, 3.8) is 0 Å². The van der Waals surface area contributed by atoms with E-state index in [1.54, 1.807) is 0 Å². The second-order valence-corrected chi connectivity index (χ2v) is 17.0. The summed E-state index contributed by atoms with van der Waals surface area (Å²) in [5.74, 6) is 0. The van der Waals surface area contributed by atoms with Crippen molar-refractivity contribution in [1.82, 2.24) is 0 Å². The van der Waals surface area contributed by atoms with Crippen molar-refractivity contribution in [2.24, 2.45) is 0 Å². The van der Waals surface area contributed by atoms with Crippen molar-refractivity contribution in [2.45, 2.75) is 56.1 Å². The molecule has 0 unspecified atom stereocenters. The van der Waals surface area contributed by atoms with Gasteiger partial charge in [0, 0.05) is 0 Å². The van der Waals surface area contributed by atoms with Crippen LogP contribution in [0.2, 0.25) is 7.94 Å². The van der Waals surface area contributed by atoms with E-state index in [-0.39, 0.29) is 15.1 Å². The molecule has 0 radical (unpaired) electrons. The molecule has 0 aromatic heterocycles. The van der Waals surface area contributed by atoms with E-state index in [4.69, 9.17) is 8.10 Å². The van der Waals surface area contributed by atoms with Crippen LogP contribution >= 0.6 is 0 Å². The summed E-state index contributed by atoms with van der Waals surface area (Å²) in [6.07, 6.45) is 0. The van der Waals surface area contributed by atoms with Gasteiger partial charge in [0.2, 0.25) is 0 Å². The Morgan fingerprint density at radius 3 is 2.21 bits per heavy atom. The first kappa shape index (κ1) is 15.2. The number of benzene rings is 1. The Bertz CT molecular complexity index is 434. The first-order chi connectivity index (χ1) is 8.69. The molecule has 0 amide bonds. The summed E-state index contributed by atoms with van der Waals surface area (Å²) in [6, 6.07) is 8.41. The Kier molecular flexibility index (Phi) is 4.27. The normalized spacial score (nSPS) is 15.6. The average Bonchev–Trinajstić information content (AvgIpc) is 2.66. The van der Waals surface area contributed by atoms with Crippen LogP contribution in [0.4, 0.5) is 0 Å². The fraction of sp³-hybridized carbons (Fsp3) is 0.600. The molecule has 1 aromatic carbocycles. The minimum atomic E-state index is -2.00. The van der Waals surface area contributed by atoms with E-state index in [1.165, 1.54) is 11.0 Å². The van der Waals surface area contributed by atoms with E-state index in [1.807, 2.05) is 0 Å². The zero-order valence-corrected chi connectivity index (χ0v) is 15.4. The average molecular weight is 317 g/mol. The van der Waals surface area contributed by atoms with Gasteiger partial charge in [0.05, 0.1) is 0 Å². The van der Waals surface area contributed by atoms with Gasteiger partial charge in [0.25, 0.3) is 0 Å². The van der Waals surface area contributed by atoms with Crippen LogP contribution in [0.25, 0.3) is 0 Å². The molecule has 0 aliphatic carbocycles. The molecule has 2 rings (SSSR count). The van der Waals surface area contributed by atoms with E-state index < -0.39 is 16.6 Å². The number of hydrogen-bond acceptors (Lipinski definition) is 2. The summed E-state index contributed by atoms with van der Waals surface area (Å²) < 4.78 is 12.9. The van der Waals surface area contributed by atoms with Crippen LogP contribution in [0.1, 0.15) is 47.1 Å². The van der Waals surface area contributed by atoms with Gasteiger partial charge in [-0.3, -0.25) is 0 Å². The standard InChI is InChI=1S/C7H6BO2.2C4H9.Ga/c9-8-7-4-2-1-3-6(7)5-10-8;2*1-4(2)3;/h1-4H,5H2;2*1-3H3;/q-1;;;+1. The zero-order valence-electron chi connectivity index (χ0n) is 13.0. The van der Waals surface area contributed by atoms with Gasteiger partial charge in [0.1, 0.15) is 0 Å². The van der Waals surface area contributed by atoms with Crippen molar-refractivity contribution in [1.29, 1.82) is 0 Å². The summed E-state index contributed by atoms with van der Waals surface area (Å²) in [5, 5.41) is 0. The molecule has 102 valence electrons. The van der Waals surface area contributed by atoms with Crippen LogP contribution in [0.3, 0.4) is 0 Å². The van der Waals surface area contributed by atoms with E-state index in [0.717, 1.165) is 0 Å². The van der Waals surface area contributed by atoms with Gasteiger partial charge in [-0.05, 0) is 0 Å². The Labute approximate surface area is 123 Å². The quantitative estimate of drug-likeness (QED) is 0.777. The molecule has 1 heterocycles. The fourth-order valence-corrected chi connectivity index (χ4v) is 11.2. The predicted molar refractivity (Wildman–Crippen MR) is 82.9 cm³/mol. The first-order valence-corrected chi connectivity index (χ1v) is 10.5. The molecule has 1 aliphatic rings. The molecule has 0 fully saturated rings. The van der Waals surface area contributed by atoms with Crippen LogP contribution < -0.4 is 5.46 Å². The van der Waals surface area contributed by atoms with Crippen LogP contribution in [-0.2, 0) is 14.7 Å². The van der Waals surface area contributed by atoms with E-state index in [9.17, 15) is 0 Å². The van der Waals surface area contributed by atoms with E-state index >= 15 is 0 Å². The maximum absolute atomic E-state index is 6.53. The molecule has 2 nitrogen and oxygen atoms in total. The summed E-state index contributed by atoms with van der Waals surface area (Å²) in [4.78, 5) is 0. The molecular formula is C15H24BGaO2. The third-order valence-electron chi connectivity index (χ3n) is 3.53. The Morgan fingerprint density at radius 2 is 1.63 bits per heavy atom. The molecule has 0 saturated carbocycles. The predicted octanol–water partition coefficient (Wildman–Crippen LogP) is 3.52. The van der Waals surface area contributed by atoms with Crippen LogP contribution in [0, 0.1) is 0 Å². The van der Waals surface area contributed by atoms with Crippen molar-refractivity contribution >= 4 is 29.2 Å². The molecule has 1 aromatic rings. The molecular weight excluding hydrogens is 293 g/mol. The van der Waals surface area contributed by atoms with Crippen molar-refractivity contribution in [3.8, 4) is 0 Å². The van der Waals surface area contributed by atoms with E-state index in [0.29, 0.717) is 6.61 Å². The van der Waals surface area contributed by atoms with Gasteiger partial charge in [-0.2, -0.15) is 0 Å². The Morgan fingerprint density at radius 1 is 1.05 bits per heavy atom. The summed E-state index contributed by atoms with van der Waals surface area (Å²) in [5.41, 5.74) is 2.50. The third-order valence-corrected chi connectivity index (χ3v) is 11.2. The SMILES string of the molecule is C[C](C)(C)[Ga]([O]B1OCc2ccccc21)[C](C)(C)C. The number of hydrogen-bond donors (Lipinski definition) is 0. The second-order valence-electron chi connectivity index (χ2n) is 7.59. The molecule has 4 heteroatoms. The third kappa shape index (κ3) is 3.49. The molecule has 19 heavy (non-hydrogen) atoms. The fourth-order valence-electron chi connectivity index (χ4n) is 3.09. The van der Waals surface area contributed by atoms with Crippen LogP contribution in [0.15, 0.2) is 24.3 Å². The van der Waals surface area contributed by atoms with Gasteiger partial charge in [-0.25, -0.2) is 0 Å². The molecule has 0 bridgehead atoms. The zero-order chi connectivity index (χ0) is 14.3. The van der Waals surface area contributed by atoms with E-state index in [2.05, 4.69) is 65.8 Å². The first-order valence-electron chi connectivity index (χ1n) is 7.04. The maximum atomic E-state index is 6.53. The second kappa shape index (κ2) is 5.32. The monoisotopic (exact) mass is 316 g/mol. The van der Waals surface area contributed by atoms with Crippen molar-refractivity contribution in [3.05, 3.63) is 29.8 Å². The minimum absolute atomic E-state index is 0.139. The number of fused-ring (bicyclic) bond motifs is 1. The van der Waals surface area contributed by atoms with Gasteiger partial charge in [-0.15, -0.1) is 0 Å². The summed E-state index contributed by atoms with van der Waals surface area (Å²) in [7, 11) is -0.139.